The Kier molecular flexibility index (Phi) is 4.05. The molecule has 0 saturated carbocycles. The van der Waals surface area contributed by atoms with Crippen LogP contribution in [0.1, 0.15) is 12.5 Å². The maximum Gasteiger partial charge on any atom is 0.145 e. The van der Waals surface area contributed by atoms with Crippen molar-refractivity contribution in [1.82, 2.24) is 15.3 Å². The molecule has 0 aliphatic rings. The largest absolute Gasteiger partial charge is 0.455 e. The van der Waals surface area contributed by atoms with Crippen molar-refractivity contribution < 1.29 is 4.74 Å². The van der Waals surface area contributed by atoms with Gasteiger partial charge in [0.1, 0.15) is 11.5 Å². The average Bonchev–Trinajstić information content (AvgIpc) is 2.39. The summed E-state index contributed by atoms with van der Waals surface area (Å²) in [4.78, 5) is 8.12. The van der Waals surface area contributed by atoms with Crippen LogP contribution in [0.25, 0.3) is 0 Å². The van der Waals surface area contributed by atoms with E-state index in [1.165, 1.54) is 0 Å². The molecule has 0 fully saturated rings. The quantitative estimate of drug-likeness (QED) is 0.855. The summed E-state index contributed by atoms with van der Waals surface area (Å²) >= 11 is 0. The van der Waals surface area contributed by atoms with Gasteiger partial charge in [-0.05, 0) is 24.7 Å². The van der Waals surface area contributed by atoms with E-state index in [2.05, 4.69) is 22.2 Å². The molecule has 17 heavy (non-hydrogen) atoms. The number of ether oxygens (including phenoxy) is 1. The highest BCUT2D eigenvalue weighted by atomic mass is 16.5. The molecule has 1 N–H and O–H groups in total. The van der Waals surface area contributed by atoms with Gasteiger partial charge in [-0.1, -0.05) is 6.92 Å². The van der Waals surface area contributed by atoms with E-state index in [1.807, 2.05) is 24.4 Å². The lowest BCUT2D eigenvalue weighted by Crippen LogP contribution is -2.12. The van der Waals surface area contributed by atoms with Gasteiger partial charge in [-0.25, -0.2) is 0 Å². The highest BCUT2D eigenvalue weighted by Gasteiger charge is 2.04. The second-order valence-corrected chi connectivity index (χ2v) is 3.55. The summed E-state index contributed by atoms with van der Waals surface area (Å²) in [5.41, 5.74) is 1.04. The van der Waals surface area contributed by atoms with Crippen molar-refractivity contribution in [3.05, 3.63) is 48.5 Å². The van der Waals surface area contributed by atoms with Crippen LogP contribution in [0.4, 0.5) is 0 Å². The molecule has 0 spiro atoms. The number of aromatic nitrogens is 2. The van der Waals surface area contributed by atoms with E-state index in [4.69, 9.17) is 4.74 Å². The summed E-state index contributed by atoms with van der Waals surface area (Å²) < 4.78 is 5.76. The molecule has 0 saturated heterocycles. The van der Waals surface area contributed by atoms with Gasteiger partial charge in [-0.2, -0.15) is 0 Å². The van der Waals surface area contributed by atoms with Crippen LogP contribution in [0, 0.1) is 0 Å². The first kappa shape index (κ1) is 11.5. The van der Waals surface area contributed by atoms with Gasteiger partial charge in [-0.3, -0.25) is 9.97 Å². The summed E-state index contributed by atoms with van der Waals surface area (Å²) in [6.07, 6.45) is 6.95. The zero-order valence-electron chi connectivity index (χ0n) is 9.76. The van der Waals surface area contributed by atoms with Crippen molar-refractivity contribution in [2.24, 2.45) is 0 Å². The van der Waals surface area contributed by atoms with Gasteiger partial charge in [0.05, 0.1) is 6.20 Å². The molecule has 88 valence electrons. The third kappa shape index (κ3) is 3.26. The first-order valence-corrected chi connectivity index (χ1v) is 5.61. The Hall–Kier alpha value is -1.94. The van der Waals surface area contributed by atoms with E-state index in [0.29, 0.717) is 0 Å². The summed E-state index contributed by atoms with van der Waals surface area (Å²) in [5, 5.41) is 3.26. The van der Waals surface area contributed by atoms with Crippen LogP contribution in [-0.2, 0) is 6.54 Å². The minimum absolute atomic E-state index is 0.733. The maximum atomic E-state index is 5.76. The molecule has 0 radical (unpaired) electrons. The van der Waals surface area contributed by atoms with Crippen LogP contribution in [0.3, 0.4) is 0 Å². The monoisotopic (exact) mass is 229 g/mol. The van der Waals surface area contributed by atoms with Crippen LogP contribution >= 0.6 is 0 Å². The minimum atomic E-state index is 0.733. The van der Waals surface area contributed by atoms with Crippen molar-refractivity contribution >= 4 is 0 Å². The normalized spacial score (nSPS) is 10.2. The fraction of sp³-hybridized carbons (Fsp3) is 0.231. The zero-order chi connectivity index (χ0) is 11.9. The van der Waals surface area contributed by atoms with Crippen molar-refractivity contribution in [3.63, 3.8) is 0 Å². The average molecular weight is 229 g/mol. The predicted octanol–water partition coefficient (Wildman–Crippen LogP) is 2.38. The molecule has 0 aliphatic carbocycles. The topological polar surface area (TPSA) is 47.0 Å². The van der Waals surface area contributed by atoms with Crippen molar-refractivity contribution in [2.45, 2.75) is 13.5 Å². The molecule has 2 aromatic rings. The first-order valence-electron chi connectivity index (χ1n) is 5.61. The Morgan fingerprint density at radius 1 is 1.18 bits per heavy atom. The molecule has 0 aromatic carbocycles. The first-order chi connectivity index (χ1) is 8.40. The smallest absolute Gasteiger partial charge is 0.145 e. The fourth-order valence-corrected chi connectivity index (χ4v) is 1.44. The van der Waals surface area contributed by atoms with E-state index in [9.17, 15) is 0 Å². The number of hydrogen-bond acceptors (Lipinski definition) is 4. The summed E-state index contributed by atoms with van der Waals surface area (Å²) in [7, 11) is 0. The Labute approximate surface area is 101 Å². The van der Waals surface area contributed by atoms with Gasteiger partial charge in [0.15, 0.2) is 0 Å². The lowest BCUT2D eigenvalue weighted by Gasteiger charge is -2.10. The van der Waals surface area contributed by atoms with Crippen LogP contribution < -0.4 is 10.1 Å². The van der Waals surface area contributed by atoms with E-state index in [0.717, 1.165) is 30.2 Å². The molecule has 2 rings (SSSR count). The molecule has 2 aromatic heterocycles. The van der Waals surface area contributed by atoms with Crippen LogP contribution in [0.15, 0.2) is 43.0 Å². The second kappa shape index (κ2) is 5.96. The van der Waals surface area contributed by atoms with Crippen molar-refractivity contribution in [3.8, 4) is 11.5 Å². The lowest BCUT2D eigenvalue weighted by atomic mass is 10.2. The third-order valence-electron chi connectivity index (χ3n) is 2.29. The van der Waals surface area contributed by atoms with Gasteiger partial charge in [0.25, 0.3) is 0 Å². The minimum Gasteiger partial charge on any atom is -0.455 e. The summed E-state index contributed by atoms with van der Waals surface area (Å²) in [6.45, 7) is 3.74. The number of hydrogen-bond donors (Lipinski definition) is 1. The number of rotatable bonds is 5. The van der Waals surface area contributed by atoms with Crippen molar-refractivity contribution in [1.29, 1.82) is 0 Å². The standard InChI is InChI=1S/C13H15N3O/c1-2-14-8-11-9-16-7-5-13(11)17-12-4-3-6-15-10-12/h3-7,9-10,14H,2,8H2,1H3. The molecule has 0 aliphatic heterocycles. The number of nitrogens with zero attached hydrogens (tertiary/aromatic N) is 2. The van der Waals surface area contributed by atoms with E-state index in [1.54, 1.807) is 18.6 Å². The van der Waals surface area contributed by atoms with Gasteiger partial charge in [-0.15, -0.1) is 0 Å². The lowest BCUT2D eigenvalue weighted by molar-refractivity contribution is 0.470. The molecular formula is C13H15N3O. The Balaban J connectivity index is 2.15. The molecule has 0 bridgehead atoms. The summed E-state index contributed by atoms with van der Waals surface area (Å²) in [6, 6.07) is 5.59. The molecule has 0 unspecified atom stereocenters. The summed E-state index contributed by atoms with van der Waals surface area (Å²) in [5.74, 6) is 1.55. The molecule has 4 nitrogen and oxygen atoms in total. The maximum absolute atomic E-state index is 5.76. The SMILES string of the molecule is CCNCc1cnccc1Oc1cccnc1. The second-order valence-electron chi connectivity index (χ2n) is 3.55. The third-order valence-corrected chi connectivity index (χ3v) is 2.29. The Morgan fingerprint density at radius 2 is 2.06 bits per heavy atom. The molecule has 0 amide bonds. The number of pyridine rings is 2. The van der Waals surface area contributed by atoms with Gasteiger partial charge in [0.2, 0.25) is 0 Å². The van der Waals surface area contributed by atoms with Crippen molar-refractivity contribution in [2.75, 3.05) is 6.54 Å². The van der Waals surface area contributed by atoms with Crippen LogP contribution in [0.5, 0.6) is 11.5 Å². The fourth-order valence-electron chi connectivity index (χ4n) is 1.44. The van der Waals surface area contributed by atoms with Crippen LogP contribution in [0.2, 0.25) is 0 Å². The Morgan fingerprint density at radius 3 is 2.82 bits per heavy atom. The van der Waals surface area contributed by atoms with E-state index >= 15 is 0 Å². The Bertz CT molecular complexity index is 459. The predicted molar refractivity (Wildman–Crippen MR) is 65.9 cm³/mol. The van der Waals surface area contributed by atoms with Crippen LogP contribution in [-0.4, -0.2) is 16.5 Å². The molecular weight excluding hydrogens is 214 g/mol. The zero-order valence-corrected chi connectivity index (χ0v) is 9.76. The van der Waals surface area contributed by atoms with Gasteiger partial charge in [0, 0.05) is 30.7 Å². The molecule has 4 heteroatoms. The van der Waals surface area contributed by atoms with Gasteiger partial charge < -0.3 is 10.1 Å². The van der Waals surface area contributed by atoms with Gasteiger partial charge >= 0.3 is 0 Å². The van der Waals surface area contributed by atoms with E-state index < -0.39 is 0 Å². The highest BCUT2D eigenvalue weighted by molar-refractivity contribution is 5.34. The molecule has 2 heterocycles. The molecule has 0 atom stereocenters. The number of nitrogens with one attached hydrogen (secondary N) is 1. The van der Waals surface area contributed by atoms with E-state index in [-0.39, 0.29) is 0 Å². The highest BCUT2D eigenvalue weighted by Crippen LogP contribution is 2.23.